The van der Waals surface area contributed by atoms with Gasteiger partial charge in [0.05, 0.1) is 0 Å². The van der Waals surface area contributed by atoms with Gasteiger partial charge in [0, 0.05) is 14.1 Å². The van der Waals surface area contributed by atoms with E-state index in [-0.39, 0.29) is 11.9 Å². The van der Waals surface area contributed by atoms with Crippen molar-refractivity contribution in [2.24, 2.45) is 11.7 Å². The zero-order valence-corrected chi connectivity index (χ0v) is 7.44. The molecule has 72 valence electrons. The molecule has 0 aliphatic carbocycles. The first kappa shape index (κ1) is 9.42. The minimum absolute atomic E-state index is 0.256. The van der Waals surface area contributed by atoms with Gasteiger partial charge in [-0.3, -0.25) is 10.9 Å². The van der Waals surface area contributed by atoms with E-state index in [4.69, 9.17) is 11.7 Å². The Labute approximate surface area is 75.3 Å². The quantitative estimate of drug-likeness (QED) is 0.331. The van der Waals surface area contributed by atoms with Crippen LogP contribution in [0.4, 0.5) is 17.8 Å². The van der Waals surface area contributed by atoms with Gasteiger partial charge in [-0.05, 0) is 0 Å². The smallest absolute Gasteiger partial charge is 0.243 e. The van der Waals surface area contributed by atoms with Crippen LogP contribution in [0.25, 0.3) is 0 Å². The van der Waals surface area contributed by atoms with Gasteiger partial charge in [0.1, 0.15) is 0 Å². The summed E-state index contributed by atoms with van der Waals surface area (Å²) in [5.41, 5.74) is 4.62. The van der Waals surface area contributed by atoms with Crippen molar-refractivity contribution in [2.45, 2.75) is 0 Å². The molecule has 0 radical (unpaired) electrons. The number of nitrogens with one attached hydrogen (secondary N) is 2. The van der Waals surface area contributed by atoms with Crippen LogP contribution < -0.4 is 27.4 Å². The Hall–Kier alpha value is -1.67. The summed E-state index contributed by atoms with van der Waals surface area (Å²) < 4.78 is 0. The van der Waals surface area contributed by atoms with Crippen molar-refractivity contribution in [3.05, 3.63) is 0 Å². The van der Waals surface area contributed by atoms with E-state index in [2.05, 4.69) is 25.8 Å². The molecule has 0 bridgehead atoms. The third-order valence-corrected chi connectivity index (χ3v) is 1.28. The number of anilines is 3. The van der Waals surface area contributed by atoms with Crippen LogP contribution in [-0.2, 0) is 0 Å². The first-order chi connectivity index (χ1) is 6.17. The Morgan fingerprint density at radius 2 is 1.46 bits per heavy atom. The number of hydrogen-bond acceptors (Lipinski definition) is 8. The molecule has 1 aromatic rings. The van der Waals surface area contributed by atoms with Gasteiger partial charge in [0.15, 0.2) is 0 Å². The zero-order valence-electron chi connectivity index (χ0n) is 7.44. The lowest BCUT2D eigenvalue weighted by Crippen LogP contribution is -2.20. The highest BCUT2D eigenvalue weighted by Crippen LogP contribution is 2.08. The first-order valence-electron chi connectivity index (χ1n) is 3.54. The molecule has 6 N–H and O–H groups in total. The number of aromatic nitrogens is 3. The van der Waals surface area contributed by atoms with Crippen LogP contribution in [0.1, 0.15) is 0 Å². The highest BCUT2D eigenvalue weighted by molar-refractivity contribution is 5.41. The van der Waals surface area contributed by atoms with E-state index >= 15 is 0 Å². The van der Waals surface area contributed by atoms with Crippen molar-refractivity contribution in [2.75, 3.05) is 29.8 Å². The second-order valence-electron chi connectivity index (χ2n) is 2.47. The van der Waals surface area contributed by atoms with Gasteiger partial charge in [-0.2, -0.15) is 15.0 Å². The summed E-state index contributed by atoms with van der Waals surface area (Å²) in [6.45, 7) is 0. The van der Waals surface area contributed by atoms with Gasteiger partial charge in [0.2, 0.25) is 17.8 Å². The molecule has 8 nitrogen and oxygen atoms in total. The minimum Gasteiger partial charge on any atom is -0.347 e. The summed E-state index contributed by atoms with van der Waals surface area (Å²) in [6, 6.07) is 0. The molecular weight excluding hydrogens is 172 g/mol. The Morgan fingerprint density at radius 1 is 1.00 bits per heavy atom. The second kappa shape index (κ2) is 3.83. The summed E-state index contributed by atoms with van der Waals surface area (Å²) >= 11 is 0. The van der Waals surface area contributed by atoms with E-state index in [9.17, 15) is 0 Å². The predicted molar refractivity (Wildman–Crippen MR) is 49.8 cm³/mol. The lowest BCUT2D eigenvalue weighted by atomic mass is 10.7. The van der Waals surface area contributed by atoms with Gasteiger partial charge in [-0.15, -0.1) is 0 Å². The number of nitrogens with zero attached hydrogens (tertiary/aromatic N) is 4. The van der Waals surface area contributed by atoms with Gasteiger partial charge in [0.25, 0.3) is 0 Å². The maximum atomic E-state index is 5.15. The SMILES string of the molecule is CN(C)c1nc(NN)nc(NN)n1. The fourth-order valence-corrected chi connectivity index (χ4v) is 0.694. The molecule has 0 unspecified atom stereocenters. The van der Waals surface area contributed by atoms with Crippen LogP contribution in [0.3, 0.4) is 0 Å². The highest BCUT2D eigenvalue weighted by atomic mass is 15.4. The Morgan fingerprint density at radius 3 is 1.77 bits per heavy atom. The molecule has 0 fully saturated rings. The lowest BCUT2D eigenvalue weighted by Gasteiger charge is -2.11. The van der Waals surface area contributed by atoms with E-state index in [0.717, 1.165) is 0 Å². The lowest BCUT2D eigenvalue weighted by molar-refractivity contribution is 0.948. The van der Waals surface area contributed by atoms with Crippen LogP contribution in [0.15, 0.2) is 0 Å². The molecular formula is C5H12N8. The molecule has 0 spiro atoms. The molecule has 8 heteroatoms. The molecule has 1 rings (SSSR count). The summed E-state index contributed by atoms with van der Waals surface area (Å²) in [5, 5.41) is 0. The topological polar surface area (TPSA) is 118 Å². The first-order valence-corrected chi connectivity index (χ1v) is 3.54. The molecule has 0 aromatic carbocycles. The number of rotatable bonds is 3. The van der Waals surface area contributed by atoms with Crippen LogP contribution in [-0.4, -0.2) is 29.0 Å². The Bertz CT molecular complexity index is 262. The average molecular weight is 184 g/mol. The second-order valence-corrected chi connectivity index (χ2v) is 2.47. The van der Waals surface area contributed by atoms with Crippen molar-refractivity contribution in [3.8, 4) is 0 Å². The molecule has 1 heterocycles. The number of nitrogen functional groups attached to an aromatic ring is 2. The maximum Gasteiger partial charge on any atom is 0.243 e. The third kappa shape index (κ3) is 2.13. The number of hydrogen-bond donors (Lipinski definition) is 4. The normalized spacial score (nSPS) is 9.54. The molecule has 1 aromatic heterocycles. The van der Waals surface area contributed by atoms with E-state index < -0.39 is 0 Å². The molecule has 0 saturated heterocycles. The largest absolute Gasteiger partial charge is 0.347 e. The Balaban J connectivity index is 3.07. The van der Waals surface area contributed by atoms with E-state index in [1.165, 1.54) is 0 Å². The monoisotopic (exact) mass is 184 g/mol. The summed E-state index contributed by atoms with van der Waals surface area (Å²) in [6.07, 6.45) is 0. The van der Waals surface area contributed by atoms with Crippen molar-refractivity contribution in [1.82, 2.24) is 15.0 Å². The number of hydrazine groups is 2. The van der Waals surface area contributed by atoms with Gasteiger partial charge < -0.3 is 4.90 Å². The number of nitrogens with two attached hydrogens (primary N) is 2. The average Bonchev–Trinajstić information content (AvgIpc) is 2.16. The standard InChI is InChI=1S/C5H12N8/c1-13(2)5-9-3(11-6)8-4(10-5)12-7/h6-7H2,1-2H3,(H2,8,9,10,11,12). The van der Waals surface area contributed by atoms with Gasteiger partial charge in [-0.1, -0.05) is 0 Å². The van der Waals surface area contributed by atoms with Crippen LogP contribution in [0.5, 0.6) is 0 Å². The van der Waals surface area contributed by atoms with Crippen molar-refractivity contribution >= 4 is 17.8 Å². The molecule has 0 atom stereocenters. The fraction of sp³-hybridized carbons (Fsp3) is 0.400. The highest BCUT2D eigenvalue weighted by Gasteiger charge is 2.05. The predicted octanol–water partition coefficient (Wildman–Crippen LogP) is -1.49. The van der Waals surface area contributed by atoms with Gasteiger partial charge in [-0.25, -0.2) is 11.7 Å². The van der Waals surface area contributed by atoms with Crippen LogP contribution >= 0.6 is 0 Å². The summed E-state index contributed by atoms with van der Waals surface area (Å²) in [4.78, 5) is 13.5. The molecule has 0 aliphatic heterocycles. The van der Waals surface area contributed by atoms with Crippen LogP contribution in [0, 0.1) is 0 Å². The van der Waals surface area contributed by atoms with E-state index in [1.54, 1.807) is 19.0 Å². The molecule has 0 amide bonds. The van der Waals surface area contributed by atoms with Gasteiger partial charge >= 0.3 is 0 Å². The van der Waals surface area contributed by atoms with E-state index in [0.29, 0.717) is 5.95 Å². The van der Waals surface area contributed by atoms with Crippen molar-refractivity contribution in [1.29, 1.82) is 0 Å². The third-order valence-electron chi connectivity index (χ3n) is 1.28. The van der Waals surface area contributed by atoms with E-state index in [1.807, 2.05) is 0 Å². The van der Waals surface area contributed by atoms with Crippen molar-refractivity contribution < 1.29 is 0 Å². The fourth-order valence-electron chi connectivity index (χ4n) is 0.694. The summed E-state index contributed by atoms with van der Waals surface area (Å²) in [7, 11) is 3.60. The van der Waals surface area contributed by atoms with Crippen molar-refractivity contribution in [3.63, 3.8) is 0 Å². The molecule has 0 saturated carbocycles. The minimum atomic E-state index is 0.256. The maximum absolute atomic E-state index is 5.15. The summed E-state index contributed by atoms with van der Waals surface area (Å²) in [5.74, 6) is 11.3. The zero-order chi connectivity index (χ0) is 9.84. The molecule has 13 heavy (non-hydrogen) atoms. The molecule has 0 aliphatic rings. The van der Waals surface area contributed by atoms with Crippen LogP contribution in [0.2, 0.25) is 0 Å². The Kier molecular flexibility index (Phi) is 2.77.